The van der Waals surface area contributed by atoms with E-state index in [0.717, 1.165) is 42.4 Å². The predicted molar refractivity (Wildman–Crippen MR) is 71.8 cm³/mol. The molecule has 6 heteroatoms. The van der Waals surface area contributed by atoms with Gasteiger partial charge >= 0.3 is 0 Å². The standard InChI is InChI=1S/C12H16ClN5/c1-2-5-18-7-15-9-10(14-6-8-3-4-8)16-12(13)17-11(9)18/h7-8H,2-6H2,1H3,(H,14,16,17). The van der Waals surface area contributed by atoms with Gasteiger partial charge in [-0.15, -0.1) is 0 Å². The number of aryl methyl sites for hydroxylation is 1. The molecule has 0 saturated heterocycles. The zero-order chi connectivity index (χ0) is 12.5. The van der Waals surface area contributed by atoms with E-state index in [2.05, 4.69) is 27.2 Å². The summed E-state index contributed by atoms with van der Waals surface area (Å²) in [5.74, 6) is 1.54. The third-order valence-electron chi connectivity index (χ3n) is 3.16. The summed E-state index contributed by atoms with van der Waals surface area (Å²) in [6.45, 7) is 3.97. The van der Waals surface area contributed by atoms with Gasteiger partial charge < -0.3 is 9.88 Å². The second-order valence-corrected chi connectivity index (χ2v) is 5.11. The molecule has 3 rings (SSSR count). The normalized spacial score (nSPS) is 15.2. The number of rotatable bonds is 5. The lowest BCUT2D eigenvalue weighted by Gasteiger charge is -2.06. The highest BCUT2D eigenvalue weighted by molar-refractivity contribution is 6.28. The maximum atomic E-state index is 5.98. The minimum absolute atomic E-state index is 0.277. The van der Waals surface area contributed by atoms with Gasteiger partial charge in [-0.05, 0) is 36.8 Å². The van der Waals surface area contributed by atoms with Gasteiger partial charge in [0, 0.05) is 13.1 Å². The zero-order valence-corrected chi connectivity index (χ0v) is 11.1. The van der Waals surface area contributed by atoms with Crippen molar-refractivity contribution >= 4 is 28.6 Å². The van der Waals surface area contributed by atoms with Crippen molar-refractivity contribution in [2.75, 3.05) is 11.9 Å². The van der Waals surface area contributed by atoms with Crippen LogP contribution >= 0.6 is 11.6 Å². The number of hydrogen-bond acceptors (Lipinski definition) is 4. The molecule has 1 N–H and O–H groups in total. The third kappa shape index (κ3) is 2.27. The summed E-state index contributed by atoms with van der Waals surface area (Å²) < 4.78 is 2.02. The smallest absolute Gasteiger partial charge is 0.226 e. The molecule has 96 valence electrons. The molecule has 1 aliphatic carbocycles. The molecule has 2 heterocycles. The van der Waals surface area contributed by atoms with Crippen LogP contribution in [0.15, 0.2) is 6.33 Å². The van der Waals surface area contributed by atoms with Crippen LogP contribution in [0.4, 0.5) is 5.82 Å². The lowest BCUT2D eigenvalue weighted by Crippen LogP contribution is -2.07. The van der Waals surface area contributed by atoms with Gasteiger partial charge in [-0.2, -0.15) is 9.97 Å². The average molecular weight is 266 g/mol. The van der Waals surface area contributed by atoms with Crippen LogP contribution in [0.25, 0.3) is 11.2 Å². The first-order valence-corrected chi connectivity index (χ1v) is 6.78. The molecular formula is C12H16ClN5. The Bertz CT molecular complexity index is 561. The molecule has 0 atom stereocenters. The predicted octanol–water partition coefficient (Wildman–Crippen LogP) is 2.71. The first-order chi connectivity index (χ1) is 8.78. The maximum Gasteiger partial charge on any atom is 0.226 e. The molecule has 1 aliphatic rings. The van der Waals surface area contributed by atoms with Crippen molar-refractivity contribution in [1.82, 2.24) is 19.5 Å². The topological polar surface area (TPSA) is 55.6 Å². The van der Waals surface area contributed by atoms with Crippen molar-refractivity contribution in [1.29, 1.82) is 0 Å². The largest absolute Gasteiger partial charge is 0.368 e. The monoisotopic (exact) mass is 265 g/mol. The summed E-state index contributed by atoms with van der Waals surface area (Å²) in [6.07, 6.45) is 5.46. The van der Waals surface area contributed by atoms with Crippen LogP contribution in [0.5, 0.6) is 0 Å². The molecule has 2 aromatic heterocycles. The quantitative estimate of drug-likeness (QED) is 0.845. The van der Waals surface area contributed by atoms with Crippen LogP contribution < -0.4 is 5.32 Å². The molecule has 0 aromatic carbocycles. The number of anilines is 1. The van der Waals surface area contributed by atoms with Gasteiger partial charge in [0.1, 0.15) is 0 Å². The fourth-order valence-electron chi connectivity index (χ4n) is 2.01. The van der Waals surface area contributed by atoms with Crippen LogP contribution in [0.3, 0.4) is 0 Å². The van der Waals surface area contributed by atoms with E-state index in [9.17, 15) is 0 Å². The van der Waals surface area contributed by atoms with Crippen molar-refractivity contribution in [2.45, 2.75) is 32.7 Å². The number of fused-ring (bicyclic) bond motifs is 1. The van der Waals surface area contributed by atoms with Gasteiger partial charge in [0.25, 0.3) is 0 Å². The molecule has 0 radical (unpaired) electrons. The Kier molecular flexibility index (Phi) is 3.07. The Morgan fingerprint density at radius 2 is 2.28 bits per heavy atom. The van der Waals surface area contributed by atoms with Crippen molar-refractivity contribution in [3.63, 3.8) is 0 Å². The Labute approximate surface area is 111 Å². The van der Waals surface area contributed by atoms with Crippen molar-refractivity contribution < 1.29 is 0 Å². The summed E-state index contributed by atoms with van der Waals surface area (Å²) in [5, 5.41) is 3.61. The first-order valence-electron chi connectivity index (χ1n) is 6.40. The zero-order valence-electron chi connectivity index (χ0n) is 10.4. The second-order valence-electron chi connectivity index (χ2n) is 4.78. The number of aromatic nitrogens is 4. The molecule has 1 saturated carbocycles. The second kappa shape index (κ2) is 4.72. The van der Waals surface area contributed by atoms with Gasteiger partial charge in [0.15, 0.2) is 17.0 Å². The van der Waals surface area contributed by atoms with Crippen molar-refractivity contribution in [2.24, 2.45) is 5.92 Å². The third-order valence-corrected chi connectivity index (χ3v) is 3.33. The summed E-state index contributed by atoms with van der Waals surface area (Å²) in [7, 11) is 0. The summed E-state index contributed by atoms with van der Waals surface area (Å²) in [6, 6.07) is 0. The Balaban J connectivity index is 1.95. The van der Waals surface area contributed by atoms with Crippen molar-refractivity contribution in [3.05, 3.63) is 11.6 Å². The Hall–Kier alpha value is -1.36. The molecule has 0 amide bonds. The average Bonchev–Trinajstić information content (AvgIpc) is 3.10. The minimum atomic E-state index is 0.277. The number of nitrogens with one attached hydrogen (secondary N) is 1. The molecular weight excluding hydrogens is 250 g/mol. The van der Waals surface area contributed by atoms with E-state index in [1.165, 1.54) is 12.8 Å². The molecule has 18 heavy (non-hydrogen) atoms. The SMILES string of the molecule is CCCn1cnc2c(NCC3CC3)nc(Cl)nc21. The number of halogens is 1. The first kappa shape index (κ1) is 11.7. The maximum absolute atomic E-state index is 5.98. The molecule has 0 bridgehead atoms. The molecule has 2 aromatic rings. The summed E-state index contributed by atoms with van der Waals surface area (Å²) in [4.78, 5) is 12.9. The van der Waals surface area contributed by atoms with E-state index < -0.39 is 0 Å². The highest BCUT2D eigenvalue weighted by Gasteiger charge is 2.22. The lowest BCUT2D eigenvalue weighted by molar-refractivity contribution is 0.691. The summed E-state index contributed by atoms with van der Waals surface area (Å²) >= 11 is 5.98. The van der Waals surface area contributed by atoms with Gasteiger partial charge in [0.05, 0.1) is 6.33 Å². The van der Waals surface area contributed by atoms with Gasteiger partial charge in [0.2, 0.25) is 5.28 Å². The van der Waals surface area contributed by atoms with E-state index in [-0.39, 0.29) is 5.28 Å². The molecule has 5 nitrogen and oxygen atoms in total. The van der Waals surface area contributed by atoms with Crippen LogP contribution in [0, 0.1) is 5.92 Å². The summed E-state index contributed by atoms with van der Waals surface area (Å²) in [5.41, 5.74) is 1.63. The highest BCUT2D eigenvalue weighted by Crippen LogP contribution is 2.29. The number of hydrogen-bond donors (Lipinski definition) is 1. The van der Waals surface area contributed by atoms with E-state index >= 15 is 0 Å². The van der Waals surface area contributed by atoms with E-state index in [1.54, 1.807) is 0 Å². The van der Waals surface area contributed by atoms with E-state index in [4.69, 9.17) is 11.6 Å². The van der Waals surface area contributed by atoms with Crippen LogP contribution in [0.2, 0.25) is 5.28 Å². The Morgan fingerprint density at radius 3 is 3.00 bits per heavy atom. The molecule has 0 unspecified atom stereocenters. The fraction of sp³-hybridized carbons (Fsp3) is 0.583. The number of nitrogens with zero attached hydrogens (tertiary/aromatic N) is 4. The van der Waals surface area contributed by atoms with Gasteiger partial charge in [-0.1, -0.05) is 6.92 Å². The number of imidazole rings is 1. The highest BCUT2D eigenvalue weighted by atomic mass is 35.5. The Morgan fingerprint density at radius 1 is 1.44 bits per heavy atom. The molecule has 0 spiro atoms. The van der Waals surface area contributed by atoms with Crippen LogP contribution in [-0.2, 0) is 6.54 Å². The van der Waals surface area contributed by atoms with E-state index in [1.807, 2.05) is 10.9 Å². The minimum Gasteiger partial charge on any atom is -0.368 e. The van der Waals surface area contributed by atoms with Gasteiger partial charge in [-0.25, -0.2) is 4.98 Å². The van der Waals surface area contributed by atoms with Crippen molar-refractivity contribution in [3.8, 4) is 0 Å². The van der Waals surface area contributed by atoms with Crippen LogP contribution in [0.1, 0.15) is 26.2 Å². The molecule has 0 aliphatic heterocycles. The van der Waals surface area contributed by atoms with E-state index in [0.29, 0.717) is 0 Å². The van der Waals surface area contributed by atoms with Gasteiger partial charge in [-0.3, -0.25) is 0 Å². The molecule has 1 fully saturated rings. The van der Waals surface area contributed by atoms with Crippen LogP contribution in [-0.4, -0.2) is 26.1 Å². The lowest BCUT2D eigenvalue weighted by atomic mass is 10.4. The fourth-order valence-corrected chi connectivity index (χ4v) is 2.17.